The average molecular weight is 309 g/mol. The molecule has 1 aromatic heterocycles. The third-order valence-corrected chi connectivity index (χ3v) is 3.29. The van der Waals surface area contributed by atoms with E-state index >= 15 is 0 Å². The SMILES string of the molecule is CCCNC(=S)NCc1ccc(-c2ccc(Cl)cc2)o1. The molecule has 0 saturated carbocycles. The summed E-state index contributed by atoms with van der Waals surface area (Å²) in [6, 6.07) is 11.5. The van der Waals surface area contributed by atoms with Crippen molar-refractivity contribution in [1.29, 1.82) is 0 Å². The van der Waals surface area contributed by atoms with E-state index in [2.05, 4.69) is 17.6 Å². The number of thiocarbonyl (C=S) groups is 1. The molecule has 0 aliphatic rings. The summed E-state index contributed by atoms with van der Waals surface area (Å²) in [7, 11) is 0. The van der Waals surface area contributed by atoms with Crippen LogP contribution in [-0.4, -0.2) is 11.7 Å². The van der Waals surface area contributed by atoms with Gasteiger partial charge in [-0.15, -0.1) is 0 Å². The Morgan fingerprint density at radius 1 is 1.15 bits per heavy atom. The molecule has 20 heavy (non-hydrogen) atoms. The van der Waals surface area contributed by atoms with Crippen LogP contribution in [0.5, 0.6) is 0 Å². The molecule has 0 aliphatic carbocycles. The van der Waals surface area contributed by atoms with Gasteiger partial charge in [0.2, 0.25) is 0 Å². The maximum atomic E-state index is 5.87. The number of furan rings is 1. The monoisotopic (exact) mass is 308 g/mol. The van der Waals surface area contributed by atoms with Crippen LogP contribution >= 0.6 is 23.8 Å². The molecule has 0 aliphatic heterocycles. The molecular formula is C15H17ClN2OS. The van der Waals surface area contributed by atoms with Gasteiger partial charge in [0.05, 0.1) is 6.54 Å². The molecule has 0 spiro atoms. The smallest absolute Gasteiger partial charge is 0.166 e. The number of nitrogens with one attached hydrogen (secondary N) is 2. The molecule has 3 nitrogen and oxygen atoms in total. The van der Waals surface area contributed by atoms with E-state index in [4.69, 9.17) is 28.2 Å². The van der Waals surface area contributed by atoms with Gasteiger partial charge in [-0.2, -0.15) is 0 Å². The topological polar surface area (TPSA) is 37.2 Å². The molecule has 2 aromatic rings. The highest BCUT2D eigenvalue weighted by Crippen LogP contribution is 2.23. The van der Waals surface area contributed by atoms with Gasteiger partial charge in [0.25, 0.3) is 0 Å². The zero-order valence-corrected chi connectivity index (χ0v) is 12.9. The number of hydrogen-bond acceptors (Lipinski definition) is 2. The summed E-state index contributed by atoms with van der Waals surface area (Å²) in [5, 5.41) is 7.59. The Kier molecular flexibility index (Phi) is 5.44. The Morgan fingerprint density at radius 2 is 1.90 bits per heavy atom. The van der Waals surface area contributed by atoms with Crippen LogP contribution in [0.25, 0.3) is 11.3 Å². The second-order valence-electron chi connectivity index (χ2n) is 4.38. The first-order valence-corrected chi connectivity index (χ1v) is 7.34. The third kappa shape index (κ3) is 4.25. The minimum Gasteiger partial charge on any atom is -0.459 e. The zero-order chi connectivity index (χ0) is 14.4. The van der Waals surface area contributed by atoms with Crippen LogP contribution in [0.3, 0.4) is 0 Å². The van der Waals surface area contributed by atoms with Crippen LogP contribution in [0.15, 0.2) is 40.8 Å². The van der Waals surface area contributed by atoms with Crippen molar-refractivity contribution in [1.82, 2.24) is 10.6 Å². The first-order valence-electron chi connectivity index (χ1n) is 6.55. The Balaban J connectivity index is 1.92. The fraction of sp³-hybridized carbons (Fsp3) is 0.267. The van der Waals surface area contributed by atoms with Gasteiger partial charge in [0, 0.05) is 17.1 Å². The van der Waals surface area contributed by atoms with E-state index < -0.39 is 0 Å². The standard InChI is InChI=1S/C15H17ClN2OS/c1-2-9-17-15(20)18-10-13-7-8-14(19-13)11-3-5-12(16)6-4-11/h3-8H,2,9-10H2,1H3,(H2,17,18,20). The molecule has 0 atom stereocenters. The largest absolute Gasteiger partial charge is 0.459 e. The predicted molar refractivity (Wildman–Crippen MR) is 86.9 cm³/mol. The minimum absolute atomic E-state index is 0.573. The second-order valence-corrected chi connectivity index (χ2v) is 5.23. The van der Waals surface area contributed by atoms with E-state index in [9.17, 15) is 0 Å². The Hall–Kier alpha value is -1.52. The van der Waals surface area contributed by atoms with Gasteiger partial charge in [-0.25, -0.2) is 0 Å². The van der Waals surface area contributed by atoms with Crippen LogP contribution in [0.2, 0.25) is 5.02 Å². The quantitative estimate of drug-likeness (QED) is 0.820. The second kappa shape index (κ2) is 7.31. The minimum atomic E-state index is 0.573. The summed E-state index contributed by atoms with van der Waals surface area (Å²) >= 11 is 11.0. The van der Waals surface area contributed by atoms with Gasteiger partial charge in [-0.05, 0) is 55.0 Å². The van der Waals surface area contributed by atoms with Crippen LogP contribution in [0, 0.1) is 0 Å². The van der Waals surface area contributed by atoms with Crippen molar-refractivity contribution in [3.63, 3.8) is 0 Å². The predicted octanol–water partition coefficient (Wildman–Crippen LogP) is 3.97. The molecule has 1 heterocycles. The van der Waals surface area contributed by atoms with E-state index in [1.54, 1.807) is 0 Å². The van der Waals surface area contributed by atoms with Gasteiger partial charge in [0.1, 0.15) is 11.5 Å². The van der Waals surface area contributed by atoms with Crippen molar-refractivity contribution in [2.75, 3.05) is 6.54 Å². The van der Waals surface area contributed by atoms with E-state index in [1.807, 2.05) is 36.4 Å². The van der Waals surface area contributed by atoms with Gasteiger partial charge in [-0.3, -0.25) is 0 Å². The van der Waals surface area contributed by atoms with Crippen LogP contribution in [-0.2, 0) is 6.54 Å². The molecule has 1 aromatic carbocycles. The highest BCUT2D eigenvalue weighted by atomic mass is 35.5. The Bertz CT molecular complexity index is 566. The third-order valence-electron chi connectivity index (χ3n) is 2.75. The summed E-state index contributed by atoms with van der Waals surface area (Å²) in [5.41, 5.74) is 1.01. The van der Waals surface area contributed by atoms with E-state index in [-0.39, 0.29) is 0 Å². The summed E-state index contributed by atoms with van der Waals surface area (Å²) in [5.74, 6) is 1.67. The molecule has 0 bridgehead atoms. The van der Waals surface area contributed by atoms with Crippen molar-refractivity contribution in [2.45, 2.75) is 19.9 Å². The average Bonchev–Trinajstić information content (AvgIpc) is 2.92. The van der Waals surface area contributed by atoms with E-state index in [0.29, 0.717) is 11.7 Å². The van der Waals surface area contributed by atoms with Crippen molar-refractivity contribution < 1.29 is 4.42 Å². The lowest BCUT2D eigenvalue weighted by molar-refractivity contribution is 0.514. The van der Waals surface area contributed by atoms with Gasteiger partial charge < -0.3 is 15.1 Å². The Morgan fingerprint density at radius 3 is 2.60 bits per heavy atom. The maximum Gasteiger partial charge on any atom is 0.166 e. The molecule has 2 rings (SSSR count). The first kappa shape index (κ1) is 14.9. The molecule has 5 heteroatoms. The summed E-state index contributed by atoms with van der Waals surface area (Å²) < 4.78 is 5.77. The van der Waals surface area contributed by atoms with Crippen LogP contribution in [0.1, 0.15) is 19.1 Å². The first-order chi connectivity index (χ1) is 9.69. The van der Waals surface area contributed by atoms with E-state index in [0.717, 1.165) is 35.1 Å². The van der Waals surface area contributed by atoms with Crippen molar-refractivity contribution in [2.24, 2.45) is 0 Å². The van der Waals surface area contributed by atoms with Crippen molar-refractivity contribution in [3.05, 3.63) is 47.2 Å². The van der Waals surface area contributed by atoms with Crippen LogP contribution in [0.4, 0.5) is 0 Å². The lowest BCUT2D eigenvalue weighted by Gasteiger charge is -2.07. The number of rotatable bonds is 5. The highest BCUT2D eigenvalue weighted by Gasteiger charge is 2.05. The Labute approximate surface area is 129 Å². The lowest BCUT2D eigenvalue weighted by atomic mass is 10.2. The molecule has 0 saturated heterocycles. The number of hydrogen-bond donors (Lipinski definition) is 2. The fourth-order valence-corrected chi connectivity index (χ4v) is 2.01. The van der Waals surface area contributed by atoms with Crippen molar-refractivity contribution in [3.8, 4) is 11.3 Å². The molecule has 0 radical (unpaired) electrons. The molecule has 0 fully saturated rings. The zero-order valence-electron chi connectivity index (χ0n) is 11.3. The van der Waals surface area contributed by atoms with Gasteiger partial charge in [-0.1, -0.05) is 18.5 Å². The highest BCUT2D eigenvalue weighted by molar-refractivity contribution is 7.80. The van der Waals surface area contributed by atoms with Crippen LogP contribution < -0.4 is 10.6 Å². The molecule has 0 amide bonds. The normalized spacial score (nSPS) is 10.3. The molecular weight excluding hydrogens is 292 g/mol. The summed E-state index contributed by atoms with van der Waals surface area (Å²) in [4.78, 5) is 0. The van der Waals surface area contributed by atoms with E-state index in [1.165, 1.54) is 0 Å². The van der Waals surface area contributed by atoms with Gasteiger partial charge >= 0.3 is 0 Å². The molecule has 2 N–H and O–H groups in total. The number of halogens is 1. The molecule has 0 unspecified atom stereocenters. The summed E-state index contributed by atoms with van der Waals surface area (Å²) in [6.07, 6.45) is 1.04. The fourth-order valence-electron chi connectivity index (χ4n) is 1.71. The van der Waals surface area contributed by atoms with Gasteiger partial charge in [0.15, 0.2) is 5.11 Å². The van der Waals surface area contributed by atoms with Crippen molar-refractivity contribution >= 4 is 28.9 Å². The maximum absolute atomic E-state index is 5.87. The molecule has 106 valence electrons. The summed E-state index contributed by atoms with van der Waals surface area (Å²) in [6.45, 7) is 3.55. The lowest BCUT2D eigenvalue weighted by Crippen LogP contribution is -2.34. The number of benzene rings is 1.